The van der Waals surface area contributed by atoms with E-state index in [1.807, 2.05) is 7.05 Å². The standard InChI is InChI=1S/C6H12N4O/c1-9-2-3-10(5-11)6(4-9)8-7/h5H,2-4,7H2,1H3. The van der Waals surface area contributed by atoms with Gasteiger partial charge in [-0.1, -0.05) is 0 Å². The minimum atomic E-state index is 0.633. The van der Waals surface area contributed by atoms with Crippen LogP contribution in [0.4, 0.5) is 0 Å². The summed E-state index contributed by atoms with van der Waals surface area (Å²) in [6, 6.07) is 0. The zero-order valence-corrected chi connectivity index (χ0v) is 6.53. The number of hydrogen-bond acceptors (Lipinski definition) is 4. The van der Waals surface area contributed by atoms with Crippen LogP contribution in [-0.4, -0.2) is 48.7 Å². The number of rotatable bonds is 1. The van der Waals surface area contributed by atoms with Crippen molar-refractivity contribution in [3.05, 3.63) is 0 Å². The van der Waals surface area contributed by atoms with Crippen molar-refractivity contribution in [3.8, 4) is 0 Å². The summed E-state index contributed by atoms with van der Waals surface area (Å²) >= 11 is 0. The predicted molar refractivity (Wildman–Crippen MR) is 41.9 cm³/mol. The van der Waals surface area contributed by atoms with Crippen LogP contribution in [0.2, 0.25) is 0 Å². The van der Waals surface area contributed by atoms with Crippen molar-refractivity contribution in [1.82, 2.24) is 9.80 Å². The van der Waals surface area contributed by atoms with E-state index in [-0.39, 0.29) is 0 Å². The van der Waals surface area contributed by atoms with Crippen LogP contribution in [0.25, 0.3) is 0 Å². The van der Waals surface area contributed by atoms with Crippen LogP contribution < -0.4 is 5.84 Å². The molecule has 11 heavy (non-hydrogen) atoms. The number of hydrazone groups is 1. The Labute approximate surface area is 65.4 Å². The normalized spacial score (nSPS) is 24.1. The summed E-state index contributed by atoms with van der Waals surface area (Å²) in [5, 5.41) is 3.52. The minimum Gasteiger partial charge on any atom is -0.322 e. The SMILES string of the molecule is CN1CCN(C=O)C(=NN)C1. The Kier molecular flexibility index (Phi) is 2.43. The highest BCUT2D eigenvalue weighted by molar-refractivity contribution is 5.92. The van der Waals surface area contributed by atoms with Gasteiger partial charge in [-0.25, -0.2) is 0 Å². The number of hydrogen-bond donors (Lipinski definition) is 1. The lowest BCUT2D eigenvalue weighted by Gasteiger charge is -2.30. The lowest BCUT2D eigenvalue weighted by Crippen LogP contribution is -2.48. The van der Waals surface area contributed by atoms with E-state index in [9.17, 15) is 4.79 Å². The highest BCUT2D eigenvalue weighted by Crippen LogP contribution is 1.98. The van der Waals surface area contributed by atoms with E-state index in [0.717, 1.165) is 13.0 Å². The fourth-order valence-electron chi connectivity index (χ4n) is 1.05. The molecule has 62 valence electrons. The molecule has 0 radical (unpaired) electrons. The fourth-order valence-corrected chi connectivity index (χ4v) is 1.05. The summed E-state index contributed by atoms with van der Waals surface area (Å²) in [4.78, 5) is 14.0. The van der Waals surface area contributed by atoms with Gasteiger partial charge in [0.25, 0.3) is 0 Å². The molecule has 0 atom stereocenters. The molecule has 1 amide bonds. The number of piperazine rings is 1. The number of amides is 1. The topological polar surface area (TPSA) is 61.9 Å². The molecule has 0 aromatic heterocycles. The quantitative estimate of drug-likeness (QED) is 0.290. The molecule has 1 saturated heterocycles. The molecule has 1 rings (SSSR count). The number of nitrogens with two attached hydrogens (primary N) is 1. The number of carbonyl (C=O) groups is 1. The first-order valence-electron chi connectivity index (χ1n) is 3.45. The molecule has 1 aliphatic rings. The Morgan fingerprint density at radius 1 is 1.64 bits per heavy atom. The van der Waals surface area contributed by atoms with E-state index in [1.165, 1.54) is 4.90 Å². The van der Waals surface area contributed by atoms with Crippen LogP contribution in [0, 0.1) is 0 Å². The third-order valence-corrected chi connectivity index (χ3v) is 1.74. The summed E-state index contributed by atoms with van der Waals surface area (Å²) in [7, 11) is 1.97. The Balaban J connectivity index is 2.63. The maximum atomic E-state index is 10.4. The van der Waals surface area contributed by atoms with Crippen molar-refractivity contribution in [3.63, 3.8) is 0 Å². The Bertz CT molecular complexity index is 179. The molecule has 5 heteroatoms. The Morgan fingerprint density at radius 2 is 2.36 bits per heavy atom. The van der Waals surface area contributed by atoms with Crippen molar-refractivity contribution in [2.75, 3.05) is 26.7 Å². The molecule has 0 bridgehead atoms. The molecule has 0 aromatic carbocycles. The molecule has 0 spiro atoms. The zero-order valence-electron chi connectivity index (χ0n) is 6.53. The highest BCUT2D eigenvalue weighted by atomic mass is 16.1. The molecule has 0 aromatic rings. The van der Waals surface area contributed by atoms with Crippen molar-refractivity contribution >= 4 is 12.2 Å². The molecule has 0 saturated carbocycles. The highest BCUT2D eigenvalue weighted by Gasteiger charge is 2.18. The van der Waals surface area contributed by atoms with Gasteiger partial charge in [-0.05, 0) is 7.05 Å². The van der Waals surface area contributed by atoms with Gasteiger partial charge in [0, 0.05) is 13.1 Å². The third kappa shape index (κ3) is 1.68. The minimum absolute atomic E-state index is 0.633. The largest absolute Gasteiger partial charge is 0.322 e. The molecule has 1 aliphatic heterocycles. The summed E-state index contributed by atoms with van der Waals surface area (Å²) in [5.41, 5.74) is 0. The van der Waals surface area contributed by atoms with Gasteiger partial charge in [0.05, 0.1) is 6.54 Å². The number of likely N-dealkylation sites (N-methyl/N-ethyl adjacent to an activating group) is 1. The number of amidine groups is 1. The van der Waals surface area contributed by atoms with E-state index in [2.05, 4.69) is 10.0 Å². The van der Waals surface area contributed by atoms with Crippen molar-refractivity contribution in [2.45, 2.75) is 0 Å². The third-order valence-electron chi connectivity index (χ3n) is 1.74. The number of carbonyl (C=O) groups excluding carboxylic acids is 1. The monoisotopic (exact) mass is 156 g/mol. The first-order valence-corrected chi connectivity index (χ1v) is 3.45. The first-order chi connectivity index (χ1) is 5.27. The average Bonchev–Trinajstić information content (AvgIpc) is 2.04. The van der Waals surface area contributed by atoms with E-state index in [4.69, 9.17) is 5.84 Å². The molecular formula is C6H12N4O. The molecular weight excluding hydrogens is 144 g/mol. The van der Waals surface area contributed by atoms with Gasteiger partial charge in [-0.2, -0.15) is 5.10 Å². The average molecular weight is 156 g/mol. The smallest absolute Gasteiger partial charge is 0.215 e. The van der Waals surface area contributed by atoms with E-state index >= 15 is 0 Å². The van der Waals surface area contributed by atoms with Gasteiger partial charge >= 0.3 is 0 Å². The van der Waals surface area contributed by atoms with E-state index in [0.29, 0.717) is 18.9 Å². The Hall–Kier alpha value is -1.10. The second-order valence-electron chi connectivity index (χ2n) is 2.58. The van der Waals surface area contributed by atoms with Crippen LogP contribution >= 0.6 is 0 Å². The second kappa shape index (κ2) is 3.34. The second-order valence-corrected chi connectivity index (χ2v) is 2.58. The fraction of sp³-hybridized carbons (Fsp3) is 0.667. The predicted octanol–water partition coefficient (Wildman–Crippen LogP) is -1.34. The van der Waals surface area contributed by atoms with Gasteiger partial charge in [0.1, 0.15) is 5.84 Å². The molecule has 1 heterocycles. The lowest BCUT2D eigenvalue weighted by molar-refractivity contribution is -0.115. The van der Waals surface area contributed by atoms with Crippen LogP contribution in [0.15, 0.2) is 5.10 Å². The number of nitrogens with zero attached hydrogens (tertiary/aromatic N) is 3. The summed E-state index contributed by atoms with van der Waals surface area (Å²) in [5.74, 6) is 5.73. The van der Waals surface area contributed by atoms with Crippen molar-refractivity contribution in [1.29, 1.82) is 0 Å². The first kappa shape index (κ1) is 8.00. The van der Waals surface area contributed by atoms with Crippen LogP contribution in [-0.2, 0) is 4.79 Å². The zero-order chi connectivity index (χ0) is 8.27. The molecule has 1 fully saturated rings. The van der Waals surface area contributed by atoms with Gasteiger partial charge in [-0.15, -0.1) is 0 Å². The van der Waals surface area contributed by atoms with Gasteiger partial charge in [0.2, 0.25) is 6.41 Å². The maximum Gasteiger partial charge on any atom is 0.215 e. The summed E-state index contributed by atoms with van der Waals surface area (Å²) < 4.78 is 0. The maximum absolute atomic E-state index is 10.4. The van der Waals surface area contributed by atoms with E-state index < -0.39 is 0 Å². The van der Waals surface area contributed by atoms with E-state index in [1.54, 1.807) is 0 Å². The summed E-state index contributed by atoms with van der Waals surface area (Å²) in [6.45, 7) is 2.20. The van der Waals surface area contributed by atoms with Crippen LogP contribution in [0.3, 0.4) is 0 Å². The molecule has 0 unspecified atom stereocenters. The van der Waals surface area contributed by atoms with Crippen molar-refractivity contribution in [2.24, 2.45) is 10.9 Å². The van der Waals surface area contributed by atoms with Gasteiger partial charge in [0.15, 0.2) is 0 Å². The van der Waals surface area contributed by atoms with Crippen molar-refractivity contribution < 1.29 is 4.79 Å². The van der Waals surface area contributed by atoms with Gasteiger partial charge < -0.3 is 5.84 Å². The van der Waals surface area contributed by atoms with Crippen LogP contribution in [0.5, 0.6) is 0 Å². The lowest BCUT2D eigenvalue weighted by atomic mass is 10.3. The molecule has 2 N–H and O–H groups in total. The molecule has 5 nitrogen and oxygen atoms in total. The summed E-state index contributed by atoms with van der Waals surface area (Å²) in [6.07, 6.45) is 0.763. The molecule has 0 aliphatic carbocycles. The van der Waals surface area contributed by atoms with Crippen LogP contribution in [0.1, 0.15) is 0 Å². The van der Waals surface area contributed by atoms with Gasteiger partial charge in [-0.3, -0.25) is 14.6 Å². The Morgan fingerprint density at radius 3 is 2.91 bits per heavy atom.